The lowest BCUT2D eigenvalue weighted by Gasteiger charge is -2.07. The summed E-state index contributed by atoms with van der Waals surface area (Å²) in [5, 5.41) is 17.0. The Morgan fingerprint density at radius 2 is 1.93 bits per heavy atom. The quantitative estimate of drug-likeness (QED) is 0.603. The van der Waals surface area contributed by atoms with Gasteiger partial charge < -0.3 is 10.6 Å². The number of hydrogen-bond donors (Lipinski definition) is 2. The standard InChI is InChI=1S/C21H20N4O2S/c1-13(2)9-10-23-20(26)16(12-22)18-14-6-3-4-7-15(14)19(24-18)25-21(27)17-8-5-11-28-17/h3-8,11,13H,9-10H2,1-2H3,(H,23,26)(H,24,25,27). The number of nitriles is 1. The largest absolute Gasteiger partial charge is 0.351 e. The molecule has 3 rings (SSSR count). The van der Waals surface area contributed by atoms with Crippen LogP contribution < -0.4 is 10.6 Å². The highest BCUT2D eigenvalue weighted by molar-refractivity contribution is 7.12. The van der Waals surface area contributed by atoms with Crippen molar-refractivity contribution in [1.29, 1.82) is 5.26 Å². The van der Waals surface area contributed by atoms with E-state index in [1.165, 1.54) is 11.3 Å². The smallest absolute Gasteiger partial charge is 0.266 e. The number of aliphatic imine (C=N–C) groups is 1. The zero-order chi connectivity index (χ0) is 20.1. The van der Waals surface area contributed by atoms with E-state index in [-0.39, 0.29) is 17.2 Å². The van der Waals surface area contributed by atoms with Crippen LogP contribution in [0.1, 0.15) is 41.1 Å². The number of rotatable bonds is 5. The number of amides is 2. The zero-order valence-corrected chi connectivity index (χ0v) is 16.5. The van der Waals surface area contributed by atoms with Gasteiger partial charge in [0.2, 0.25) is 0 Å². The van der Waals surface area contributed by atoms with E-state index in [0.717, 1.165) is 6.42 Å². The molecule has 1 aliphatic heterocycles. The molecule has 0 fully saturated rings. The van der Waals surface area contributed by atoms with Crippen molar-refractivity contribution in [2.45, 2.75) is 20.3 Å². The van der Waals surface area contributed by atoms with Crippen LogP contribution in [0.2, 0.25) is 0 Å². The predicted molar refractivity (Wildman–Crippen MR) is 110 cm³/mol. The first-order chi connectivity index (χ1) is 13.5. The van der Waals surface area contributed by atoms with Crippen LogP contribution in [-0.4, -0.2) is 24.2 Å². The van der Waals surface area contributed by atoms with E-state index in [2.05, 4.69) is 29.5 Å². The molecule has 7 heteroatoms. The zero-order valence-electron chi connectivity index (χ0n) is 15.7. The molecule has 2 heterocycles. The number of nitrogens with one attached hydrogen (secondary N) is 2. The van der Waals surface area contributed by atoms with E-state index in [4.69, 9.17) is 0 Å². The molecule has 6 nitrogen and oxygen atoms in total. The van der Waals surface area contributed by atoms with Crippen molar-refractivity contribution < 1.29 is 9.59 Å². The number of thiophene rings is 1. The van der Waals surface area contributed by atoms with Crippen molar-refractivity contribution >= 4 is 34.7 Å². The first-order valence-electron chi connectivity index (χ1n) is 8.97. The third kappa shape index (κ3) is 4.18. The second-order valence-corrected chi connectivity index (χ2v) is 7.66. The molecule has 1 aliphatic rings. The Hall–Kier alpha value is -3.24. The first-order valence-corrected chi connectivity index (χ1v) is 9.85. The van der Waals surface area contributed by atoms with E-state index in [1.807, 2.05) is 29.6 Å². The fraction of sp³-hybridized carbons (Fsp3) is 0.238. The summed E-state index contributed by atoms with van der Waals surface area (Å²) in [5.41, 5.74) is 1.56. The van der Waals surface area contributed by atoms with Gasteiger partial charge in [-0.3, -0.25) is 9.59 Å². The van der Waals surface area contributed by atoms with E-state index in [1.54, 1.807) is 18.2 Å². The van der Waals surface area contributed by atoms with Crippen LogP contribution >= 0.6 is 11.3 Å². The van der Waals surface area contributed by atoms with Gasteiger partial charge in [0.1, 0.15) is 17.5 Å². The SMILES string of the molecule is CC(C)CCNC(=O)C(C#N)=C1N=C(NC(=O)c2cccs2)c2ccccc21. The Morgan fingerprint density at radius 1 is 1.18 bits per heavy atom. The molecule has 2 amide bonds. The van der Waals surface area contributed by atoms with Gasteiger partial charge in [-0.2, -0.15) is 5.26 Å². The second-order valence-electron chi connectivity index (χ2n) is 6.71. The van der Waals surface area contributed by atoms with Gasteiger partial charge in [-0.05, 0) is 23.8 Å². The predicted octanol–water partition coefficient (Wildman–Crippen LogP) is 3.34. The lowest BCUT2D eigenvalue weighted by Crippen LogP contribution is -2.29. The van der Waals surface area contributed by atoms with Gasteiger partial charge in [-0.1, -0.05) is 44.2 Å². The normalized spacial score (nSPS) is 14.1. The van der Waals surface area contributed by atoms with Crippen LogP contribution in [0.25, 0.3) is 5.70 Å². The van der Waals surface area contributed by atoms with Crippen molar-refractivity contribution in [2.75, 3.05) is 6.54 Å². The molecule has 0 spiro atoms. The third-order valence-electron chi connectivity index (χ3n) is 4.22. The van der Waals surface area contributed by atoms with Gasteiger partial charge in [0.15, 0.2) is 0 Å². The van der Waals surface area contributed by atoms with Crippen LogP contribution in [0, 0.1) is 17.2 Å². The molecule has 0 unspecified atom stereocenters. The molecule has 1 aromatic heterocycles. The molecule has 0 saturated heterocycles. The van der Waals surface area contributed by atoms with E-state index in [0.29, 0.717) is 34.3 Å². The highest BCUT2D eigenvalue weighted by Gasteiger charge is 2.27. The van der Waals surface area contributed by atoms with Crippen molar-refractivity contribution in [2.24, 2.45) is 10.9 Å². The maximum atomic E-state index is 12.5. The minimum absolute atomic E-state index is 0.0587. The molecular weight excluding hydrogens is 372 g/mol. The maximum absolute atomic E-state index is 12.5. The highest BCUT2D eigenvalue weighted by Crippen LogP contribution is 2.30. The van der Waals surface area contributed by atoms with E-state index in [9.17, 15) is 14.9 Å². The number of nitrogens with zero attached hydrogens (tertiary/aromatic N) is 2. The Bertz CT molecular complexity index is 998. The first kappa shape index (κ1) is 19.5. The molecule has 0 atom stereocenters. The van der Waals surface area contributed by atoms with Crippen molar-refractivity contribution in [3.63, 3.8) is 0 Å². The Labute approximate surface area is 167 Å². The summed E-state index contributed by atoms with van der Waals surface area (Å²) in [6, 6.07) is 12.7. The Balaban J connectivity index is 1.92. The summed E-state index contributed by atoms with van der Waals surface area (Å²) in [6.45, 7) is 4.62. The lowest BCUT2D eigenvalue weighted by molar-refractivity contribution is -0.117. The maximum Gasteiger partial charge on any atom is 0.266 e. The molecule has 0 bridgehead atoms. The number of hydrogen-bond acceptors (Lipinski definition) is 5. The van der Waals surface area contributed by atoms with Gasteiger partial charge in [0.05, 0.1) is 10.6 Å². The van der Waals surface area contributed by atoms with Gasteiger partial charge in [-0.15, -0.1) is 11.3 Å². The molecule has 2 aromatic rings. The molecule has 0 aliphatic carbocycles. The fourth-order valence-corrected chi connectivity index (χ4v) is 3.38. The third-order valence-corrected chi connectivity index (χ3v) is 5.09. The average molecular weight is 392 g/mol. The number of amidine groups is 1. The van der Waals surface area contributed by atoms with E-state index >= 15 is 0 Å². The molecular formula is C21H20N4O2S. The number of benzene rings is 1. The van der Waals surface area contributed by atoms with Crippen LogP contribution in [0.3, 0.4) is 0 Å². The minimum atomic E-state index is -0.456. The van der Waals surface area contributed by atoms with Crippen molar-refractivity contribution in [1.82, 2.24) is 10.6 Å². The molecule has 0 saturated carbocycles. The summed E-state index contributed by atoms with van der Waals surface area (Å²) >= 11 is 1.33. The molecule has 28 heavy (non-hydrogen) atoms. The van der Waals surface area contributed by atoms with Crippen LogP contribution in [0.4, 0.5) is 0 Å². The summed E-state index contributed by atoms with van der Waals surface area (Å²) in [4.78, 5) is 29.9. The number of carbonyl (C=O) groups excluding carboxylic acids is 2. The monoisotopic (exact) mass is 392 g/mol. The second kappa shape index (κ2) is 8.63. The summed E-state index contributed by atoms with van der Waals surface area (Å²) in [7, 11) is 0. The van der Waals surface area contributed by atoms with Gasteiger partial charge in [0.25, 0.3) is 11.8 Å². The Morgan fingerprint density at radius 3 is 2.57 bits per heavy atom. The highest BCUT2D eigenvalue weighted by atomic mass is 32.1. The van der Waals surface area contributed by atoms with E-state index < -0.39 is 5.91 Å². The molecule has 2 N–H and O–H groups in total. The van der Waals surface area contributed by atoms with Gasteiger partial charge in [0, 0.05) is 17.7 Å². The summed E-state index contributed by atoms with van der Waals surface area (Å²) in [5.74, 6) is 0.0572. The fourth-order valence-electron chi connectivity index (χ4n) is 2.77. The Kier molecular flexibility index (Phi) is 6.02. The molecule has 142 valence electrons. The summed E-state index contributed by atoms with van der Waals surface area (Å²) < 4.78 is 0. The van der Waals surface area contributed by atoms with Crippen LogP contribution in [-0.2, 0) is 4.79 Å². The van der Waals surface area contributed by atoms with Crippen LogP contribution in [0.15, 0.2) is 52.3 Å². The van der Waals surface area contributed by atoms with Crippen molar-refractivity contribution in [3.8, 4) is 6.07 Å². The number of fused-ring (bicyclic) bond motifs is 1. The average Bonchev–Trinajstić information content (AvgIpc) is 3.32. The van der Waals surface area contributed by atoms with Crippen molar-refractivity contribution in [3.05, 3.63) is 63.4 Å². The molecule has 0 radical (unpaired) electrons. The topological polar surface area (TPSA) is 94.3 Å². The molecule has 1 aromatic carbocycles. The van der Waals surface area contributed by atoms with Gasteiger partial charge in [-0.25, -0.2) is 4.99 Å². The van der Waals surface area contributed by atoms with Gasteiger partial charge >= 0.3 is 0 Å². The van der Waals surface area contributed by atoms with Crippen LogP contribution in [0.5, 0.6) is 0 Å². The summed E-state index contributed by atoms with van der Waals surface area (Å²) in [6.07, 6.45) is 0.821. The minimum Gasteiger partial charge on any atom is -0.351 e. The number of carbonyl (C=O) groups is 2. The lowest BCUT2D eigenvalue weighted by atomic mass is 10.0.